The van der Waals surface area contributed by atoms with Gasteiger partial charge in [-0.25, -0.2) is 9.97 Å². The van der Waals surface area contributed by atoms with Crippen LogP contribution in [0.3, 0.4) is 0 Å². The van der Waals surface area contributed by atoms with Crippen LogP contribution >= 0.6 is 0 Å². The molecule has 0 aromatic carbocycles. The summed E-state index contributed by atoms with van der Waals surface area (Å²) in [5.41, 5.74) is 2.31. The normalized spacial score (nSPS) is 22.5. The third-order valence-corrected chi connectivity index (χ3v) is 4.30. The highest BCUT2D eigenvalue weighted by molar-refractivity contribution is 5.37. The van der Waals surface area contributed by atoms with Gasteiger partial charge in [0.1, 0.15) is 0 Å². The standard InChI is InChI=1S/C16H28N4/c1-5-9-17-10-14-11-18-16(19-13(14)4)20-12(3)7-8-15(20)6-2/h11-12,15,17H,5-10H2,1-4H3. The lowest BCUT2D eigenvalue weighted by atomic mass is 10.2. The Morgan fingerprint density at radius 1 is 1.35 bits per heavy atom. The second kappa shape index (κ2) is 7.02. The lowest BCUT2D eigenvalue weighted by Crippen LogP contribution is -2.35. The van der Waals surface area contributed by atoms with Crippen molar-refractivity contribution in [3.8, 4) is 0 Å². The second-order valence-corrected chi connectivity index (χ2v) is 5.85. The summed E-state index contributed by atoms with van der Waals surface area (Å²) in [5.74, 6) is 0.915. The van der Waals surface area contributed by atoms with Gasteiger partial charge in [0.05, 0.1) is 0 Å². The predicted octanol–water partition coefficient (Wildman–Crippen LogP) is 3.05. The molecule has 1 fully saturated rings. The molecule has 4 heteroatoms. The van der Waals surface area contributed by atoms with Crippen molar-refractivity contribution in [2.45, 2.75) is 72.0 Å². The molecule has 1 aromatic rings. The van der Waals surface area contributed by atoms with Gasteiger partial charge < -0.3 is 10.2 Å². The van der Waals surface area contributed by atoms with Crippen molar-refractivity contribution < 1.29 is 0 Å². The van der Waals surface area contributed by atoms with Crippen molar-refractivity contribution in [1.82, 2.24) is 15.3 Å². The van der Waals surface area contributed by atoms with Gasteiger partial charge in [-0.05, 0) is 46.1 Å². The van der Waals surface area contributed by atoms with Gasteiger partial charge >= 0.3 is 0 Å². The van der Waals surface area contributed by atoms with Crippen molar-refractivity contribution in [3.63, 3.8) is 0 Å². The number of anilines is 1. The molecule has 0 amide bonds. The average molecular weight is 276 g/mol. The number of hydrogen-bond donors (Lipinski definition) is 1. The minimum atomic E-state index is 0.559. The van der Waals surface area contributed by atoms with Crippen LogP contribution in [0.25, 0.3) is 0 Å². The Morgan fingerprint density at radius 2 is 2.15 bits per heavy atom. The van der Waals surface area contributed by atoms with E-state index >= 15 is 0 Å². The van der Waals surface area contributed by atoms with Crippen LogP contribution in [0.15, 0.2) is 6.20 Å². The first-order valence-electron chi connectivity index (χ1n) is 7.98. The van der Waals surface area contributed by atoms with Crippen LogP contribution in [0.4, 0.5) is 5.95 Å². The zero-order chi connectivity index (χ0) is 14.5. The van der Waals surface area contributed by atoms with E-state index in [1.54, 1.807) is 0 Å². The van der Waals surface area contributed by atoms with Crippen molar-refractivity contribution in [2.75, 3.05) is 11.4 Å². The summed E-state index contributed by atoms with van der Waals surface area (Å²) in [6.45, 7) is 10.7. The van der Waals surface area contributed by atoms with E-state index in [1.165, 1.54) is 24.8 Å². The molecule has 2 heterocycles. The van der Waals surface area contributed by atoms with Crippen molar-refractivity contribution >= 4 is 5.95 Å². The van der Waals surface area contributed by atoms with Crippen LogP contribution in [0.5, 0.6) is 0 Å². The van der Waals surface area contributed by atoms with E-state index in [9.17, 15) is 0 Å². The predicted molar refractivity (Wildman–Crippen MR) is 84.0 cm³/mol. The summed E-state index contributed by atoms with van der Waals surface area (Å²) in [7, 11) is 0. The molecule has 4 nitrogen and oxygen atoms in total. The molecule has 0 spiro atoms. The molecular formula is C16H28N4. The van der Waals surface area contributed by atoms with E-state index in [0.29, 0.717) is 12.1 Å². The number of hydrogen-bond acceptors (Lipinski definition) is 4. The molecule has 1 N–H and O–H groups in total. The zero-order valence-electron chi connectivity index (χ0n) is 13.3. The van der Waals surface area contributed by atoms with Gasteiger partial charge in [-0.1, -0.05) is 13.8 Å². The molecule has 2 rings (SSSR count). The van der Waals surface area contributed by atoms with E-state index < -0.39 is 0 Å². The lowest BCUT2D eigenvalue weighted by molar-refractivity contribution is 0.609. The van der Waals surface area contributed by atoms with Gasteiger partial charge in [-0.15, -0.1) is 0 Å². The third kappa shape index (κ3) is 3.29. The molecule has 112 valence electrons. The topological polar surface area (TPSA) is 41.1 Å². The van der Waals surface area contributed by atoms with E-state index in [-0.39, 0.29) is 0 Å². The molecule has 20 heavy (non-hydrogen) atoms. The van der Waals surface area contributed by atoms with E-state index in [1.807, 2.05) is 6.20 Å². The molecule has 0 bridgehead atoms. The van der Waals surface area contributed by atoms with E-state index in [0.717, 1.165) is 31.2 Å². The largest absolute Gasteiger partial charge is 0.335 e. The smallest absolute Gasteiger partial charge is 0.226 e. The minimum Gasteiger partial charge on any atom is -0.335 e. The van der Waals surface area contributed by atoms with Crippen LogP contribution < -0.4 is 10.2 Å². The fourth-order valence-corrected chi connectivity index (χ4v) is 3.01. The maximum absolute atomic E-state index is 4.76. The Hall–Kier alpha value is -1.16. The molecule has 2 unspecified atom stereocenters. The number of nitrogens with zero attached hydrogens (tertiary/aromatic N) is 3. The van der Waals surface area contributed by atoms with Crippen LogP contribution in [0.2, 0.25) is 0 Å². The van der Waals surface area contributed by atoms with E-state index in [4.69, 9.17) is 4.98 Å². The fraction of sp³-hybridized carbons (Fsp3) is 0.750. The third-order valence-electron chi connectivity index (χ3n) is 4.30. The van der Waals surface area contributed by atoms with Crippen molar-refractivity contribution in [2.24, 2.45) is 0 Å². The molecule has 0 aliphatic carbocycles. The number of aromatic nitrogens is 2. The summed E-state index contributed by atoms with van der Waals surface area (Å²) in [6, 6.07) is 1.16. The highest BCUT2D eigenvalue weighted by Crippen LogP contribution is 2.29. The van der Waals surface area contributed by atoms with Gasteiger partial charge in [-0.2, -0.15) is 0 Å². The van der Waals surface area contributed by atoms with Gasteiger partial charge in [0.15, 0.2) is 0 Å². The Balaban J connectivity index is 2.11. The van der Waals surface area contributed by atoms with Crippen molar-refractivity contribution in [3.05, 3.63) is 17.5 Å². The maximum atomic E-state index is 4.76. The molecule has 1 saturated heterocycles. The summed E-state index contributed by atoms with van der Waals surface area (Å²) in [5, 5.41) is 3.42. The molecule has 1 aliphatic heterocycles. The zero-order valence-corrected chi connectivity index (χ0v) is 13.3. The molecule has 2 atom stereocenters. The van der Waals surface area contributed by atoms with Crippen LogP contribution in [-0.2, 0) is 6.54 Å². The average Bonchev–Trinajstić information content (AvgIpc) is 2.82. The minimum absolute atomic E-state index is 0.559. The molecular weight excluding hydrogens is 248 g/mol. The Kier molecular flexibility index (Phi) is 5.35. The summed E-state index contributed by atoms with van der Waals surface area (Å²) < 4.78 is 0. The van der Waals surface area contributed by atoms with Gasteiger partial charge in [-0.3, -0.25) is 0 Å². The van der Waals surface area contributed by atoms with Crippen LogP contribution in [-0.4, -0.2) is 28.6 Å². The molecule has 0 radical (unpaired) electrons. The molecule has 1 aliphatic rings. The first kappa shape index (κ1) is 15.2. The highest BCUT2D eigenvalue weighted by Gasteiger charge is 2.31. The summed E-state index contributed by atoms with van der Waals surface area (Å²) >= 11 is 0. The second-order valence-electron chi connectivity index (χ2n) is 5.85. The maximum Gasteiger partial charge on any atom is 0.226 e. The first-order chi connectivity index (χ1) is 9.67. The monoisotopic (exact) mass is 276 g/mol. The molecule has 0 saturated carbocycles. The van der Waals surface area contributed by atoms with Gasteiger partial charge in [0.2, 0.25) is 5.95 Å². The fourth-order valence-electron chi connectivity index (χ4n) is 3.01. The number of nitrogens with one attached hydrogen (secondary N) is 1. The summed E-state index contributed by atoms with van der Waals surface area (Å²) in [4.78, 5) is 11.8. The SMILES string of the molecule is CCCNCc1cnc(N2C(C)CCC2CC)nc1C. The van der Waals surface area contributed by atoms with Crippen molar-refractivity contribution in [1.29, 1.82) is 0 Å². The molecule has 1 aromatic heterocycles. The Bertz CT molecular complexity index is 432. The highest BCUT2D eigenvalue weighted by atomic mass is 15.3. The Morgan fingerprint density at radius 3 is 2.80 bits per heavy atom. The van der Waals surface area contributed by atoms with Crippen LogP contribution in [0.1, 0.15) is 57.7 Å². The summed E-state index contributed by atoms with van der Waals surface area (Å²) in [6.07, 6.45) is 6.84. The van der Waals surface area contributed by atoms with Gasteiger partial charge in [0, 0.05) is 36.1 Å². The Labute approximate surface area is 123 Å². The quantitative estimate of drug-likeness (QED) is 0.811. The number of aryl methyl sites for hydroxylation is 1. The van der Waals surface area contributed by atoms with Gasteiger partial charge in [0.25, 0.3) is 0 Å². The number of rotatable bonds is 6. The lowest BCUT2D eigenvalue weighted by Gasteiger charge is -2.28. The van der Waals surface area contributed by atoms with Crippen LogP contribution in [0, 0.1) is 6.92 Å². The first-order valence-corrected chi connectivity index (χ1v) is 7.98. The van der Waals surface area contributed by atoms with E-state index in [2.05, 4.69) is 42.9 Å².